The summed E-state index contributed by atoms with van der Waals surface area (Å²) in [4.78, 5) is 24.9. The number of nitrogens with one attached hydrogen (secondary N) is 2. The minimum atomic E-state index is -0.739. The maximum Gasteiger partial charge on any atom is 0.258 e. The second-order valence-corrected chi connectivity index (χ2v) is 5.67. The first-order chi connectivity index (χ1) is 12.2. The summed E-state index contributed by atoms with van der Waals surface area (Å²) < 4.78 is 5.34. The number of anilines is 1. The number of methoxy groups -OCH3 is 1. The predicted octanol–water partition coefficient (Wildman–Crippen LogP) is 3.54. The van der Waals surface area contributed by atoms with Crippen LogP contribution in [0.3, 0.4) is 0 Å². The first-order valence-corrected chi connectivity index (χ1v) is 8.43. The average Bonchev–Trinajstić information content (AvgIpc) is 2.64. The fourth-order valence-corrected chi connectivity index (χ4v) is 2.48. The van der Waals surface area contributed by atoms with E-state index < -0.39 is 6.10 Å². The molecule has 0 bridgehead atoms. The molecular formula is C20H24N2O3. The lowest BCUT2D eigenvalue weighted by molar-refractivity contribution is -0.126. The summed E-state index contributed by atoms with van der Waals surface area (Å²) in [5, 5.41) is 5.67. The third-order valence-corrected chi connectivity index (χ3v) is 3.82. The second kappa shape index (κ2) is 9.59. The van der Waals surface area contributed by atoms with Crippen LogP contribution in [0.25, 0.3) is 0 Å². The number of carbonyl (C=O) groups is 2. The van der Waals surface area contributed by atoms with Crippen LogP contribution in [-0.2, 0) is 9.53 Å². The Hall–Kier alpha value is -2.66. The normalized spacial score (nSPS) is 11.6. The molecule has 0 saturated carbocycles. The number of para-hydroxylation sites is 1. The first-order valence-electron chi connectivity index (χ1n) is 8.43. The molecule has 5 nitrogen and oxygen atoms in total. The van der Waals surface area contributed by atoms with Crippen LogP contribution in [0.5, 0.6) is 0 Å². The molecule has 0 aromatic heterocycles. The molecule has 0 fully saturated rings. The highest BCUT2D eigenvalue weighted by atomic mass is 16.5. The standard InChI is InChI=1S/C20H24N2O3/c1-3-4-14-21-19(23)16-12-8-9-13-17(16)22-20(24)18(25-2)15-10-6-5-7-11-15/h5-13,18H,3-4,14H2,1-2H3,(H,21,23)(H,22,24)/t18-/m1/s1. The fourth-order valence-electron chi connectivity index (χ4n) is 2.48. The Kier molecular flexibility index (Phi) is 7.16. The highest BCUT2D eigenvalue weighted by Crippen LogP contribution is 2.21. The molecule has 0 aliphatic heterocycles. The van der Waals surface area contributed by atoms with E-state index in [1.165, 1.54) is 7.11 Å². The molecule has 0 heterocycles. The van der Waals surface area contributed by atoms with Crippen LogP contribution in [0.1, 0.15) is 41.8 Å². The third-order valence-electron chi connectivity index (χ3n) is 3.82. The molecule has 0 saturated heterocycles. The molecule has 25 heavy (non-hydrogen) atoms. The molecule has 132 valence electrons. The van der Waals surface area contributed by atoms with Gasteiger partial charge < -0.3 is 15.4 Å². The van der Waals surface area contributed by atoms with Crippen molar-refractivity contribution in [2.45, 2.75) is 25.9 Å². The molecule has 0 aliphatic carbocycles. The summed E-state index contributed by atoms with van der Waals surface area (Å²) >= 11 is 0. The van der Waals surface area contributed by atoms with Crippen molar-refractivity contribution in [3.8, 4) is 0 Å². The Labute approximate surface area is 148 Å². The van der Waals surface area contributed by atoms with Crippen LogP contribution >= 0.6 is 0 Å². The Bertz CT molecular complexity index is 701. The number of ether oxygens (including phenoxy) is 1. The topological polar surface area (TPSA) is 67.4 Å². The highest BCUT2D eigenvalue weighted by molar-refractivity contribution is 6.04. The van der Waals surface area contributed by atoms with Crippen molar-refractivity contribution in [2.75, 3.05) is 19.0 Å². The first kappa shape index (κ1) is 18.7. The quantitative estimate of drug-likeness (QED) is 0.722. The van der Waals surface area contributed by atoms with E-state index in [4.69, 9.17) is 4.74 Å². The summed E-state index contributed by atoms with van der Waals surface area (Å²) in [6, 6.07) is 16.2. The van der Waals surface area contributed by atoms with Gasteiger partial charge in [-0.15, -0.1) is 0 Å². The Balaban J connectivity index is 2.14. The fraction of sp³-hybridized carbons (Fsp3) is 0.300. The molecular weight excluding hydrogens is 316 g/mol. The second-order valence-electron chi connectivity index (χ2n) is 5.67. The molecule has 2 aromatic rings. The van der Waals surface area contributed by atoms with Gasteiger partial charge in [-0.1, -0.05) is 55.8 Å². The summed E-state index contributed by atoms with van der Waals surface area (Å²) in [5.74, 6) is -0.513. The maximum absolute atomic E-state index is 12.6. The van der Waals surface area contributed by atoms with Gasteiger partial charge in [0.05, 0.1) is 11.3 Å². The van der Waals surface area contributed by atoms with E-state index in [1.807, 2.05) is 30.3 Å². The lowest BCUT2D eigenvalue weighted by Crippen LogP contribution is -2.27. The Morgan fingerprint density at radius 3 is 2.40 bits per heavy atom. The zero-order valence-electron chi connectivity index (χ0n) is 14.6. The minimum absolute atomic E-state index is 0.196. The largest absolute Gasteiger partial charge is 0.367 e. The molecule has 2 aromatic carbocycles. The van der Waals surface area contributed by atoms with Crippen LogP contribution in [0.15, 0.2) is 54.6 Å². The van der Waals surface area contributed by atoms with Crippen LogP contribution in [-0.4, -0.2) is 25.5 Å². The van der Waals surface area contributed by atoms with Gasteiger partial charge >= 0.3 is 0 Å². The van der Waals surface area contributed by atoms with Gasteiger partial charge in [-0.05, 0) is 24.1 Å². The third kappa shape index (κ3) is 5.16. The monoisotopic (exact) mass is 340 g/mol. The van der Waals surface area contributed by atoms with Crippen molar-refractivity contribution in [3.63, 3.8) is 0 Å². The number of benzene rings is 2. The molecule has 0 radical (unpaired) electrons. The Morgan fingerprint density at radius 1 is 1.04 bits per heavy atom. The van der Waals surface area contributed by atoms with E-state index in [0.717, 1.165) is 18.4 Å². The number of hydrogen-bond donors (Lipinski definition) is 2. The van der Waals surface area contributed by atoms with Gasteiger partial charge in [-0.3, -0.25) is 9.59 Å². The SMILES string of the molecule is CCCCNC(=O)c1ccccc1NC(=O)[C@H](OC)c1ccccc1. The smallest absolute Gasteiger partial charge is 0.258 e. The van der Waals surface area contributed by atoms with E-state index in [9.17, 15) is 9.59 Å². The van der Waals surface area contributed by atoms with Crippen molar-refractivity contribution in [3.05, 3.63) is 65.7 Å². The Morgan fingerprint density at radius 2 is 1.72 bits per heavy atom. The minimum Gasteiger partial charge on any atom is -0.367 e. The number of hydrogen-bond acceptors (Lipinski definition) is 3. The molecule has 5 heteroatoms. The molecule has 2 amide bonds. The summed E-state index contributed by atoms with van der Waals surface area (Å²) in [7, 11) is 1.49. The lowest BCUT2D eigenvalue weighted by Gasteiger charge is -2.17. The van der Waals surface area contributed by atoms with Gasteiger partial charge in [0.25, 0.3) is 11.8 Å². The van der Waals surface area contributed by atoms with Crippen molar-refractivity contribution in [2.24, 2.45) is 0 Å². The van der Waals surface area contributed by atoms with Gasteiger partial charge in [-0.2, -0.15) is 0 Å². The molecule has 0 spiro atoms. The van der Waals surface area contributed by atoms with Crippen molar-refractivity contribution in [1.29, 1.82) is 0 Å². The van der Waals surface area contributed by atoms with E-state index in [2.05, 4.69) is 17.6 Å². The van der Waals surface area contributed by atoms with Crippen molar-refractivity contribution in [1.82, 2.24) is 5.32 Å². The van der Waals surface area contributed by atoms with Crippen molar-refractivity contribution < 1.29 is 14.3 Å². The number of carbonyl (C=O) groups excluding carboxylic acids is 2. The van der Waals surface area contributed by atoms with E-state index in [-0.39, 0.29) is 11.8 Å². The maximum atomic E-state index is 12.6. The number of rotatable bonds is 8. The van der Waals surface area contributed by atoms with Crippen LogP contribution in [0, 0.1) is 0 Å². The number of amides is 2. The molecule has 2 rings (SSSR count). The molecule has 0 unspecified atom stereocenters. The lowest BCUT2D eigenvalue weighted by atomic mass is 10.1. The van der Waals surface area contributed by atoms with Crippen molar-refractivity contribution >= 4 is 17.5 Å². The summed E-state index contributed by atoms with van der Waals surface area (Å²) in [5.41, 5.74) is 1.67. The van der Waals surface area contributed by atoms with Gasteiger partial charge in [0.2, 0.25) is 0 Å². The van der Waals surface area contributed by atoms with Gasteiger partial charge in [-0.25, -0.2) is 0 Å². The van der Waals surface area contributed by atoms with Gasteiger partial charge in [0.15, 0.2) is 6.10 Å². The van der Waals surface area contributed by atoms with E-state index in [1.54, 1.807) is 24.3 Å². The van der Waals surface area contributed by atoms with Gasteiger partial charge in [0, 0.05) is 13.7 Å². The van der Waals surface area contributed by atoms with Crippen LogP contribution < -0.4 is 10.6 Å². The zero-order chi connectivity index (χ0) is 18.1. The summed E-state index contributed by atoms with van der Waals surface area (Å²) in [6.45, 7) is 2.68. The average molecular weight is 340 g/mol. The van der Waals surface area contributed by atoms with E-state index in [0.29, 0.717) is 17.8 Å². The predicted molar refractivity (Wildman–Crippen MR) is 98.5 cm³/mol. The van der Waals surface area contributed by atoms with Crippen LogP contribution in [0.4, 0.5) is 5.69 Å². The molecule has 2 N–H and O–H groups in total. The summed E-state index contributed by atoms with van der Waals surface area (Å²) in [6.07, 6.45) is 1.18. The highest BCUT2D eigenvalue weighted by Gasteiger charge is 2.21. The molecule has 1 atom stereocenters. The van der Waals surface area contributed by atoms with Gasteiger partial charge in [0.1, 0.15) is 0 Å². The van der Waals surface area contributed by atoms with Crippen LogP contribution in [0.2, 0.25) is 0 Å². The molecule has 0 aliphatic rings. The number of unbranched alkanes of at least 4 members (excludes halogenated alkanes) is 1. The zero-order valence-corrected chi connectivity index (χ0v) is 14.6. The van der Waals surface area contributed by atoms with E-state index >= 15 is 0 Å².